The molecule has 0 spiro atoms. The van der Waals surface area contributed by atoms with Gasteiger partial charge in [0, 0.05) is 44.3 Å². The predicted molar refractivity (Wildman–Crippen MR) is 139 cm³/mol. The fraction of sp³-hybridized carbons (Fsp3) is 0.407. The molecule has 178 valence electrons. The van der Waals surface area contributed by atoms with Crippen LogP contribution in [0.25, 0.3) is 21.9 Å². The van der Waals surface area contributed by atoms with E-state index in [9.17, 15) is 0 Å². The van der Waals surface area contributed by atoms with Crippen molar-refractivity contribution in [1.29, 1.82) is 0 Å². The average molecular weight is 459 g/mol. The molecular formula is C27H34N6O. The van der Waals surface area contributed by atoms with Gasteiger partial charge in [0.1, 0.15) is 11.0 Å². The number of fused-ring (bicyclic) bond motifs is 3. The molecule has 3 heterocycles. The molecule has 0 saturated carbocycles. The lowest BCUT2D eigenvalue weighted by molar-refractivity contribution is 0.0776. The quantitative estimate of drug-likeness (QED) is 0.315. The first-order chi connectivity index (χ1) is 16.7. The molecule has 1 aliphatic heterocycles. The summed E-state index contributed by atoms with van der Waals surface area (Å²) in [6.45, 7) is 6.36. The molecule has 0 bridgehead atoms. The number of ether oxygens (including phenoxy) is 1. The summed E-state index contributed by atoms with van der Waals surface area (Å²) in [6, 6.07) is 17.8. The fourth-order valence-corrected chi connectivity index (χ4v) is 4.80. The molecule has 0 radical (unpaired) electrons. The van der Waals surface area contributed by atoms with E-state index in [2.05, 4.69) is 80.6 Å². The first kappa shape index (κ1) is 22.6. The molecule has 7 nitrogen and oxygen atoms in total. The van der Waals surface area contributed by atoms with Crippen molar-refractivity contribution in [2.24, 2.45) is 0 Å². The number of nitrogens with one attached hydrogen (secondary N) is 2. The van der Waals surface area contributed by atoms with E-state index in [0.717, 1.165) is 86.3 Å². The van der Waals surface area contributed by atoms with Crippen LogP contribution < -0.4 is 16.4 Å². The van der Waals surface area contributed by atoms with Crippen molar-refractivity contribution >= 4 is 33.7 Å². The summed E-state index contributed by atoms with van der Waals surface area (Å²) in [5.41, 5.74) is 11.7. The molecule has 0 amide bonds. The van der Waals surface area contributed by atoms with Crippen molar-refractivity contribution in [3.8, 4) is 0 Å². The second-order valence-electron chi connectivity index (χ2n) is 9.10. The van der Waals surface area contributed by atoms with Crippen LogP contribution in [0, 0.1) is 0 Å². The highest BCUT2D eigenvalue weighted by molar-refractivity contribution is 6.09. The van der Waals surface area contributed by atoms with Gasteiger partial charge in [-0.2, -0.15) is 4.98 Å². The number of aromatic nitrogens is 3. The van der Waals surface area contributed by atoms with Gasteiger partial charge in [-0.3, -0.25) is 0 Å². The maximum absolute atomic E-state index is 6.11. The SMILES string of the molecule is CCCCNc1nc(N)nc2c3ccccc3n(Cc3cccc(CNC4CCOCC4)c3)c12. The molecule has 34 heavy (non-hydrogen) atoms. The molecule has 0 atom stereocenters. The highest BCUT2D eigenvalue weighted by Crippen LogP contribution is 2.33. The van der Waals surface area contributed by atoms with Gasteiger partial charge in [0.05, 0.1) is 5.52 Å². The number of hydrogen-bond acceptors (Lipinski definition) is 6. The van der Waals surface area contributed by atoms with E-state index in [1.807, 2.05) is 0 Å². The summed E-state index contributed by atoms with van der Waals surface area (Å²) in [5, 5.41) is 8.31. The Labute approximate surface area is 200 Å². The molecule has 0 aliphatic carbocycles. The van der Waals surface area contributed by atoms with Crippen LogP contribution in [0.5, 0.6) is 0 Å². The predicted octanol–water partition coefficient (Wildman–Crippen LogP) is 4.70. The monoisotopic (exact) mass is 458 g/mol. The number of benzene rings is 2. The molecule has 0 unspecified atom stereocenters. The minimum atomic E-state index is 0.301. The van der Waals surface area contributed by atoms with Gasteiger partial charge in [-0.25, -0.2) is 4.98 Å². The van der Waals surface area contributed by atoms with Gasteiger partial charge >= 0.3 is 0 Å². The van der Waals surface area contributed by atoms with E-state index < -0.39 is 0 Å². The van der Waals surface area contributed by atoms with Crippen molar-refractivity contribution in [1.82, 2.24) is 19.9 Å². The minimum Gasteiger partial charge on any atom is -0.381 e. The van der Waals surface area contributed by atoms with Gasteiger partial charge < -0.3 is 25.7 Å². The molecule has 1 fully saturated rings. The van der Waals surface area contributed by atoms with Crippen LogP contribution >= 0.6 is 0 Å². The topological polar surface area (TPSA) is 90.0 Å². The molecule has 5 rings (SSSR count). The van der Waals surface area contributed by atoms with Crippen molar-refractivity contribution in [3.63, 3.8) is 0 Å². The highest BCUT2D eigenvalue weighted by atomic mass is 16.5. The maximum atomic E-state index is 6.11. The lowest BCUT2D eigenvalue weighted by Crippen LogP contribution is -2.34. The number of nitrogen functional groups attached to an aromatic ring is 1. The zero-order chi connectivity index (χ0) is 23.3. The molecular weight excluding hydrogens is 424 g/mol. The Bertz CT molecular complexity index is 1260. The van der Waals surface area contributed by atoms with Gasteiger partial charge in [-0.05, 0) is 36.5 Å². The van der Waals surface area contributed by atoms with Crippen LogP contribution in [-0.4, -0.2) is 40.3 Å². The maximum Gasteiger partial charge on any atom is 0.222 e. The van der Waals surface area contributed by atoms with E-state index >= 15 is 0 Å². The largest absolute Gasteiger partial charge is 0.381 e. The summed E-state index contributed by atoms with van der Waals surface area (Å²) in [5.74, 6) is 1.11. The van der Waals surface area contributed by atoms with Crippen LogP contribution in [0.1, 0.15) is 43.7 Å². The zero-order valence-electron chi connectivity index (χ0n) is 19.9. The Hall–Kier alpha value is -3.16. The number of hydrogen-bond donors (Lipinski definition) is 3. The van der Waals surface area contributed by atoms with Crippen LogP contribution in [-0.2, 0) is 17.8 Å². The summed E-state index contributed by atoms with van der Waals surface area (Å²) >= 11 is 0. The Balaban J connectivity index is 1.48. The molecule has 4 aromatic rings. The number of nitrogens with zero attached hydrogens (tertiary/aromatic N) is 3. The van der Waals surface area contributed by atoms with E-state index in [-0.39, 0.29) is 0 Å². The summed E-state index contributed by atoms with van der Waals surface area (Å²) in [6.07, 6.45) is 4.36. The molecule has 2 aromatic carbocycles. The van der Waals surface area contributed by atoms with E-state index in [1.54, 1.807) is 0 Å². The second kappa shape index (κ2) is 10.4. The van der Waals surface area contributed by atoms with Crippen molar-refractivity contribution in [3.05, 3.63) is 59.7 Å². The third kappa shape index (κ3) is 4.86. The number of unbranched alkanes of at least 4 members (excludes halogenated alkanes) is 1. The summed E-state index contributed by atoms with van der Waals surface area (Å²) in [7, 11) is 0. The number of rotatable bonds is 9. The van der Waals surface area contributed by atoms with Crippen molar-refractivity contribution in [2.45, 2.75) is 51.7 Å². The van der Waals surface area contributed by atoms with Gasteiger partial charge in [-0.1, -0.05) is 55.8 Å². The number of para-hydroxylation sites is 1. The molecule has 4 N–H and O–H groups in total. The molecule has 1 aliphatic rings. The van der Waals surface area contributed by atoms with E-state index in [1.165, 1.54) is 11.1 Å². The van der Waals surface area contributed by atoms with Crippen LogP contribution in [0.2, 0.25) is 0 Å². The molecule has 2 aromatic heterocycles. The van der Waals surface area contributed by atoms with E-state index in [4.69, 9.17) is 10.5 Å². The Kier molecular flexibility index (Phi) is 6.92. The van der Waals surface area contributed by atoms with Gasteiger partial charge in [-0.15, -0.1) is 0 Å². The van der Waals surface area contributed by atoms with Gasteiger partial charge in [0.2, 0.25) is 5.95 Å². The first-order valence-electron chi connectivity index (χ1n) is 12.4. The normalized spacial score (nSPS) is 14.7. The fourth-order valence-electron chi connectivity index (χ4n) is 4.80. The Morgan fingerprint density at radius 1 is 1.06 bits per heavy atom. The van der Waals surface area contributed by atoms with E-state index in [0.29, 0.717) is 12.0 Å². The van der Waals surface area contributed by atoms with Crippen LogP contribution in [0.15, 0.2) is 48.5 Å². The lowest BCUT2D eigenvalue weighted by atomic mass is 10.1. The molecule has 7 heteroatoms. The van der Waals surface area contributed by atoms with Gasteiger partial charge in [0.15, 0.2) is 5.82 Å². The van der Waals surface area contributed by atoms with Crippen molar-refractivity contribution < 1.29 is 4.74 Å². The zero-order valence-corrected chi connectivity index (χ0v) is 19.9. The number of nitrogens with two attached hydrogens (primary N) is 1. The third-order valence-electron chi connectivity index (χ3n) is 6.59. The Morgan fingerprint density at radius 3 is 2.74 bits per heavy atom. The summed E-state index contributed by atoms with van der Waals surface area (Å²) < 4.78 is 7.80. The number of anilines is 2. The Morgan fingerprint density at radius 2 is 1.88 bits per heavy atom. The average Bonchev–Trinajstić information content (AvgIpc) is 3.17. The standard InChI is InChI=1S/C27H34N6O/c1-2-3-13-29-26-25-24(31-27(28)32-26)22-9-4-5-10-23(22)33(25)18-20-8-6-7-19(16-20)17-30-21-11-14-34-15-12-21/h4-10,16,21,30H,2-3,11-15,17-18H2,1H3,(H3,28,29,31,32). The lowest BCUT2D eigenvalue weighted by Gasteiger charge is -2.23. The third-order valence-corrected chi connectivity index (χ3v) is 6.59. The van der Waals surface area contributed by atoms with Crippen LogP contribution in [0.3, 0.4) is 0 Å². The summed E-state index contributed by atoms with van der Waals surface area (Å²) in [4.78, 5) is 9.22. The smallest absolute Gasteiger partial charge is 0.222 e. The van der Waals surface area contributed by atoms with Gasteiger partial charge in [0.25, 0.3) is 0 Å². The highest BCUT2D eigenvalue weighted by Gasteiger charge is 2.18. The second-order valence-corrected chi connectivity index (χ2v) is 9.10. The first-order valence-corrected chi connectivity index (χ1v) is 12.4. The van der Waals surface area contributed by atoms with Crippen molar-refractivity contribution in [2.75, 3.05) is 30.8 Å². The molecule has 1 saturated heterocycles. The minimum absolute atomic E-state index is 0.301. The van der Waals surface area contributed by atoms with Crippen LogP contribution in [0.4, 0.5) is 11.8 Å².